The van der Waals surface area contributed by atoms with E-state index in [4.69, 9.17) is 20.5 Å². The molecule has 0 saturated heterocycles. The lowest BCUT2D eigenvalue weighted by atomic mass is 10.1. The molecule has 3 aromatic rings. The van der Waals surface area contributed by atoms with Gasteiger partial charge in [0.05, 0.1) is 6.26 Å². The van der Waals surface area contributed by atoms with Gasteiger partial charge in [-0.05, 0) is 35.9 Å². The van der Waals surface area contributed by atoms with Gasteiger partial charge >= 0.3 is 0 Å². The third kappa shape index (κ3) is 4.50. The molecule has 0 bridgehead atoms. The Hall–Kier alpha value is -2.09. The Morgan fingerprint density at radius 3 is 2.60 bits per heavy atom. The van der Waals surface area contributed by atoms with Crippen LogP contribution in [0.3, 0.4) is 0 Å². The molecule has 1 N–H and O–H groups in total. The third-order valence-corrected chi connectivity index (χ3v) is 4.35. The fourth-order valence-electron chi connectivity index (χ4n) is 2.42. The Labute approximate surface area is 149 Å². The van der Waals surface area contributed by atoms with Crippen molar-refractivity contribution in [1.82, 2.24) is 4.98 Å². The molecule has 1 aromatic heterocycles. The van der Waals surface area contributed by atoms with Crippen molar-refractivity contribution in [3.05, 3.63) is 65.1 Å². The quantitative estimate of drug-likeness (QED) is 0.652. The molecule has 2 aromatic carbocycles. The largest absolute Gasteiger partial charge is 0.488 e. The Balaban J connectivity index is 1.84. The molecule has 1 atom stereocenters. The average molecular weight is 384 g/mol. The van der Waals surface area contributed by atoms with E-state index in [1.165, 1.54) is 24.3 Å². The number of benzene rings is 2. The Morgan fingerprint density at radius 2 is 1.92 bits per heavy atom. The predicted octanol–water partition coefficient (Wildman–Crippen LogP) is 4.06. The van der Waals surface area contributed by atoms with E-state index in [2.05, 4.69) is 4.98 Å². The van der Waals surface area contributed by atoms with Crippen LogP contribution in [0.25, 0.3) is 10.9 Å². The first-order valence-corrected chi connectivity index (χ1v) is 9.54. The number of hydrogen-bond acceptors (Lipinski definition) is 4. The lowest BCUT2D eigenvalue weighted by Gasteiger charge is -2.17. The van der Waals surface area contributed by atoms with E-state index >= 15 is 0 Å². The summed E-state index contributed by atoms with van der Waals surface area (Å²) < 4.78 is 47.0. The molecule has 5 nitrogen and oxygen atoms in total. The number of ether oxygens (including phenoxy) is 1. The van der Waals surface area contributed by atoms with Crippen LogP contribution in [0, 0.1) is 5.82 Å². The van der Waals surface area contributed by atoms with Crippen molar-refractivity contribution in [3.8, 4) is 5.75 Å². The van der Waals surface area contributed by atoms with Crippen molar-refractivity contribution < 1.29 is 21.7 Å². The number of aromatic nitrogens is 1. The number of hydrogen-bond donors (Lipinski definition) is 1. The van der Waals surface area contributed by atoms with Crippen LogP contribution in [0.4, 0.5) is 4.39 Å². The van der Waals surface area contributed by atoms with Gasteiger partial charge in [-0.1, -0.05) is 23.7 Å². The van der Waals surface area contributed by atoms with Crippen molar-refractivity contribution in [2.75, 3.05) is 12.9 Å². The maximum Gasteiger partial charge on any atom is 0.265 e. The molecule has 25 heavy (non-hydrogen) atoms. The topological polar surface area (TPSA) is 68.4 Å². The van der Waals surface area contributed by atoms with Crippen LogP contribution in [-0.2, 0) is 14.3 Å². The number of aromatic amines is 1. The number of halogens is 2. The summed E-state index contributed by atoms with van der Waals surface area (Å²) >= 11 is 6.00. The lowest BCUT2D eigenvalue weighted by molar-refractivity contribution is 0.137. The molecule has 0 spiro atoms. The molecule has 8 heteroatoms. The van der Waals surface area contributed by atoms with E-state index in [9.17, 15) is 12.8 Å². The molecule has 0 aliphatic rings. The lowest BCUT2D eigenvalue weighted by Crippen LogP contribution is -2.17. The van der Waals surface area contributed by atoms with Crippen LogP contribution in [0.2, 0.25) is 5.02 Å². The molecule has 132 valence electrons. The molecular weight excluding hydrogens is 369 g/mol. The smallest absolute Gasteiger partial charge is 0.265 e. The molecule has 0 aliphatic carbocycles. The first-order valence-electron chi connectivity index (χ1n) is 7.35. The first-order chi connectivity index (χ1) is 11.8. The SMILES string of the molecule is CS(=O)(=O)OC(COc1c[nH]c2ccc(Cl)cc12)c1ccc(F)cc1. The second kappa shape index (κ2) is 7.03. The zero-order valence-corrected chi connectivity index (χ0v) is 14.8. The van der Waals surface area contributed by atoms with E-state index in [0.717, 1.165) is 17.2 Å². The second-order valence-corrected chi connectivity index (χ2v) is 7.53. The first kappa shape index (κ1) is 17.7. The van der Waals surface area contributed by atoms with Crippen LogP contribution in [0.15, 0.2) is 48.7 Å². The summed E-state index contributed by atoms with van der Waals surface area (Å²) in [7, 11) is -3.72. The molecular formula is C17H15ClFNO4S. The van der Waals surface area contributed by atoms with Crippen molar-refractivity contribution in [3.63, 3.8) is 0 Å². The number of nitrogens with one attached hydrogen (secondary N) is 1. The zero-order valence-electron chi connectivity index (χ0n) is 13.2. The van der Waals surface area contributed by atoms with E-state index in [1.54, 1.807) is 18.3 Å². The molecule has 0 saturated carbocycles. The zero-order chi connectivity index (χ0) is 18.0. The minimum Gasteiger partial charge on any atom is -0.488 e. The van der Waals surface area contributed by atoms with Gasteiger partial charge in [-0.3, -0.25) is 4.18 Å². The van der Waals surface area contributed by atoms with Gasteiger partial charge < -0.3 is 9.72 Å². The van der Waals surface area contributed by atoms with Gasteiger partial charge in [-0.15, -0.1) is 0 Å². The highest BCUT2D eigenvalue weighted by atomic mass is 35.5. The summed E-state index contributed by atoms with van der Waals surface area (Å²) in [5, 5.41) is 1.32. The third-order valence-electron chi connectivity index (χ3n) is 3.53. The molecule has 0 aliphatic heterocycles. The van der Waals surface area contributed by atoms with Gasteiger partial charge in [0.25, 0.3) is 10.1 Å². The van der Waals surface area contributed by atoms with Gasteiger partial charge in [0.2, 0.25) is 0 Å². The highest BCUT2D eigenvalue weighted by Crippen LogP contribution is 2.29. The number of rotatable bonds is 6. The van der Waals surface area contributed by atoms with Crippen molar-refractivity contribution in [2.45, 2.75) is 6.10 Å². The Morgan fingerprint density at radius 1 is 1.20 bits per heavy atom. The molecule has 1 unspecified atom stereocenters. The average Bonchev–Trinajstić information content (AvgIpc) is 2.93. The minimum atomic E-state index is -3.72. The number of fused-ring (bicyclic) bond motifs is 1. The van der Waals surface area contributed by atoms with E-state index in [0.29, 0.717) is 16.3 Å². The highest BCUT2D eigenvalue weighted by Gasteiger charge is 2.20. The van der Waals surface area contributed by atoms with Crippen LogP contribution < -0.4 is 4.74 Å². The van der Waals surface area contributed by atoms with Gasteiger partial charge in [-0.2, -0.15) is 8.42 Å². The molecule has 0 radical (unpaired) electrons. The summed E-state index contributed by atoms with van der Waals surface area (Å²) in [6.45, 7) is -0.0713. The molecule has 0 amide bonds. The predicted molar refractivity (Wildman–Crippen MR) is 93.9 cm³/mol. The van der Waals surface area contributed by atoms with Crippen molar-refractivity contribution >= 4 is 32.6 Å². The van der Waals surface area contributed by atoms with Crippen molar-refractivity contribution in [2.24, 2.45) is 0 Å². The van der Waals surface area contributed by atoms with E-state index in [1.807, 2.05) is 6.07 Å². The van der Waals surface area contributed by atoms with Crippen LogP contribution >= 0.6 is 11.6 Å². The standard InChI is InChI=1S/C17H15ClFNO4S/c1-25(21,22)24-17(11-2-5-13(19)6-3-11)10-23-16-9-20-15-7-4-12(18)8-14(15)16/h2-9,17,20H,10H2,1H3. The Bertz CT molecular complexity index is 986. The molecule has 0 fully saturated rings. The highest BCUT2D eigenvalue weighted by molar-refractivity contribution is 7.86. The fraction of sp³-hybridized carbons (Fsp3) is 0.176. The number of H-pyrrole nitrogens is 1. The summed E-state index contributed by atoms with van der Waals surface area (Å²) in [6.07, 6.45) is 1.71. The summed E-state index contributed by atoms with van der Waals surface area (Å²) in [4.78, 5) is 3.04. The van der Waals surface area contributed by atoms with Crippen molar-refractivity contribution in [1.29, 1.82) is 0 Å². The molecule has 1 heterocycles. The van der Waals surface area contributed by atoms with Gasteiger partial charge in [0.15, 0.2) is 0 Å². The maximum absolute atomic E-state index is 13.1. The summed E-state index contributed by atoms with van der Waals surface area (Å²) in [5.74, 6) is 0.0933. The van der Waals surface area contributed by atoms with Crippen LogP contribution in [0.1, 0.15) is 11.7 Å². The fourth-order valence-corrected chi connectivity index (χ4v) is 3.18. The normalized spacial score (nSPS) is 13.1. The van der Waals surface area contributed by atoms with E-state index in [-0.39, 0.29) is 6.61 Å². The Kier molecular flexibility index (Phi) is 4.99. The van der Waals surface area contributed by atoms with Gasteiger partial charge in [-0.25, -0.2) is 4.39 Å². The van der Waals surface area contributed by atoms with E-state index < -0.39 is 22.0 Å². The van der Waals surface area contributed by atoms with Crippen LogP contribution in [-0.4, -0.2) is 26.3 Å². The monoisotopic (exact) mass is 383 g/mol. The molecule has 3 rings (SSSR count). The summed E-state index contributed by atoms with van der Waals surface area (Å²) in [6, 6.07) is 10.7. The van der Waals surface area contributed by atoms with Gasteiger partial charge in [0, 0.05) is 22.1 Å². The van der Waals surface area contributed by atoms with Crippen LogP contribution in [0.5, 0.6) is 5.75 Å². The van der Waals surface area contributed by atoms with Gasteiger partial charge in [0.1, 0.15) is 24.3 Å². The summed E-state index contributed by atoms with van der Waals surface area (Å²) in [5.41, 5.74) is 1.33. The maximum atomic E-state index is 13.1. The second-order valence-electron chi connectivity index (χ2n) is 5.49. The minimum absolute atomic E-state index is 0.0713.